The number of hydrogen-bond acceptors (Lipinski definition) is 4. The number of fused-ring (bicyclic) bond motifs is 2. The number of amides is 1. The van der Waals surface area contributed by atoms with Gasteiger partial charge in [-0.2, -0.15) is 0 Å². The van der Waals surface area contributed by atoms with Crippen LogP contribution < -0.4 is 9.80 Å². The average Bonchev–Trinajstić information content (AvgIpc) is 3.27. The van der Waals surface area contributed by atoms with Gasteiger partial charge in [-0.3, -0.25) is 9.69 Å². The van der Waals surface area contributed by atoms with E-state index in [-0.39, 0.29) is 23.5 Å². The quantitative estimate of drug-likeness (QED) is 0.658. The molecule has 0 N–H and O–H groups in total. The molecule has 6 aliphatic heterocycles. The van der Waals surface area contributed by atoms with Crippen LogP contribution in [0.4, 0.5) is 11.4 Å². The first-order valence-electron chi connectivity index (χ1n) is 12.5. The Labute approximate surface area is 184 Å². The van der Waals surface area contributed by atoms with Crippen molar-refractivity contribution in [2.45, 2.75) is 62.1 Å². The fourth-order valence-corrected chi connectivity index (χ4v) is 8.89. The maximum atomic E-state index is 13.6. The molecule has 6 heterocycles. The summed E-state index contributed by atoms with van der Waals surface area (Å²) in [7, 11) is 0. The zero-order valence-corrected chi connectivity index (χ0v) is 18.1. The summed E-state index contributed by atoms with van der Waals surface area (Å²) in [6, 6.07) is 7.95. The lowest BCUT2D eigenvalue weighted by molar-refractivity contribution is -0.132. The van der Waals surface area contributed by atoms with Gasteiger partial charge in [0.1, 0.15) is 0 Å². The molecule has 31 heavy (non-hydrogen) atoms. The largest absolute Gasteiger partial charge is 0.373 e. The molecule has 2 bridgehead atoms. The molecule has 1 aliphatic carbocycles. The first-order chi connectivity index (χ1) is 15.3. The minimum atomic E-state index is 0.0911. The van der Waals surface area contributed by atoms with E-state index >= 15 is 0 Å². The van der Waals surface area contributed by atoms with E-state index in [0.29, 0.717) is 30.9 Å². The van der Waals surface area contributed by atoms with Crippen molar-refractivity contribution in [3.8, 4) is 0 Å². The smallest absolute Gasteiger partial charge is 0.229 e. The van der Waals surface area contributed by atoms with Crippen LogP contribution in [0.3, 0.4) is 0 Å². The highest BCUT2D eigenvalue weighted by Crippen LogP contribution is 2.66. The molecule has 1 spiro atoms. The predicted molar refractivity (Wildman–Crippen MR) is 119 cm³/mol. The highest BCUT2D eigenvalue weighted by molar-refractivity contribution is 5.99. The first kappa shape index (κ1) is 17.7. The topological polar surface area (TPSA) is 36.0 Å². The fourth-order valence-electron chi connectivity index (χ4n) is 8.89. The Morgan fingerprint density at radius 3 is 2.90 bits per heavy atom. The number of benzene rings is 1. The van der Waals surface area contributed by atoms with Crippen LogP contribution in [0.15, 0.2) is 29.8 Å². The molecule has 1 aromatic carbocycles. The van der Waals surface area contributed by atoms with Gasteiger partial charge in [0.2, 0.25) is 5.91 Å². The molecule has 1 amide bonds. The number of nitrogens with zero attached hydrogens (tertiary/aromatic N) is 3. The van der Waals surface area contributed by atoms with Crippen LogP contribution in [0.2, 0.25) is 0 Å². The third-order valence-electron chi connectivity index (χ3n) is 10.0. The third-order valence-corrected chi connectivity index (χ3v) is 10.0. The van der Waals surface area contributed by atoms with E-state index in [1.807, 2.05) is 0 Å². The van der Waals surface area contributed by atoms with E-state index in [0.717, 1.165) is 6.54 Å². The zero-order chi connectivity index (χ0) is 20.3. The number of carbonyl (C=O) groups is 1. The van der Waals surface area contributed by atoms with Crippen molar-refractivity contribution in [2.24, 2.45) is 11.8 Å². The van der Waals surface area contributed by atoms with E-state index < -0.39 is 0 Å². The summed E-state index contributed by atoms with van der Waals surface area (Å²) in [5.74, 6) is 1.34. The van der Waals surface area contributed by atoms with Gasteiger partial charge < -0.3 is 14.5 Å². The van der Waals surface area contributed by atoms with E-state index in [9.17, 15) is 4.79 Å². The molecule has 1 aromatic rings. The van der Waals surface area contributed by atoms with E-state index in [4.69, 9.17) is 4.74 Å². The second kappa shape index (κ2) is 5.93. The zero-order valence-electron chi connectivity index (χ0n) is 18.1. The minimum absolute atomic E-state index is 0.0911. The van der Waals surface area contributed by atoms with E-state index in [1.54, 1.807) is 5.57 Å². The van der Waals surface area contributed by atoms with E-state index in [1.165, 1.54) is 68.7 Å². The number of carbonyl (C=O) groups excluding carboxylic acids is 1. The van der Waals surface area contributed by atoms with Gasteiger partial charge in [0, 0.05) is 48.4 Å². The highest BCUT2D eigenvalue weighted by Gasteiger charge is 2.71. The molecule has 5 nitrogen and oxygen atoms in total. The Kier molecular flexibility index (Phi) is 3.38. The number of ether oxygens (including phenoxy) is 1. The summed E-state index contributed by atoms with van der Waals surface area (Å²) in [6.45, 7) is 5.30. The molecule has 0 aromatic heterocycles. The van der Waals surface area contributed by atoms with Gasteiger partial charge in [0.05, 0.1) is 25.2 Å². The van der Waals surface area contributed by atoms with E-state index in [2.05, 4.69) is 39.0 Å². The summed E-state index contributed by atoms with van der Waals surface area (Å²) >= 11 is 0. The predicted octanol–water partition coefficient (Wildman–Crippen LogP) is 3.08. The highest BCUT2D eigenvalue weighted by atomic mass is 16.5. The lowest BCUT2D eigenvalue weighted by Crippen LogP contribution is -2.69. The van der Waals surface area contributed by atoms with Crippen LogP contribution in [0.1, 0.15) is 44.1 Å². The van der Waals surface area contributed by atoms with Gasteiger partial charge in [-0.1, -0.05) is 11.6 Å². The molecule has 6 atom stereocenters. The Hall–Kier alpha value is -1.85. The Balaban J connectivity index is 1.34. The van der Waals surface area contributed by atoms with Crippen molar-refractivity contribution in [1.29, 1.82) is 0 Å². The molecule has 8 rings (SSSR count). The monoisotopic (exact) mass is 417 g/mol. The van der Waals surface area contributed by atoms with Crippen molar-refractivity contribution in [3.05, 3.63) is 35.4 Å². The Morgan fingerprint density at radius 2 is 2.00 bits per heavy atom. The molecule has 162 valence electrons. The number of hydrogen-bond donors (Lipinski definition) is 0. The number of rotatable bonds is 1. The molecule has 1 saturated carbocycles. The normalized spacial score (nSPS) is 42.4. The number of piperidine rings is 3. The summed E-state index contributed by atoms with van der Waals surface area (Å²) in [5.41, 5.74) is 5.77. The second-order valence-corrected chi connectivity index (χ2v) is 11.0. The van der Waals surface area contributed by atoms with Gasteiger partial charge in [-0.25, -0.2) is 0 Å². The first-order valence-corrected chi connectivity index (χ1v) is 12.5. The lowest BCUT2D eigenvalue weighted by Gasteiger charge is -2.58. The van der Waals surface area contributed by atoms with Crippen molar-refractivity contribution in [2.75, 3.05) is 42.6 Å². The van der Waals surface area contributed by atoms with Crippen LogP contribution in [0, 0.1) is 11.8 Å². The molecule has 0 radical (unpaired) electrons. The maximum absolute atomic E-state index is 13.6. The summed E-state index contributed by atoms with van der Waals surface area (Å²) in [6.07, 6.45) is 9.38. The van der Waals surface area contributed by atoms with Crippen LogP contribution in [-0.2, 0) is 14.9 Å². The van der Waals surface area contributed by atoms with Crippen LogP contribution in [0.5, 0.6) is 0 Å². The summed E-state index contributed by atoms with van der Waals surface area (Å²) in [5, 5.41) is 0. The van der Waals surface area contributed by atoms with Gasteiger partial charge >= 0.3 is 0 Å². The van der Waals surface area contributed by atoms with Crippen LogP contribution in [-0.4, -0.2) is 61.8 Å². The average molecular weight is 418 g/mol. The van der Waals surface area contributed by atoms with Crippen molar-refractivity contribution in [3.63, 3.8) is 0 Å². The van der Waals surface area contributed by atoms with Crippen LogP contribution in [0.25, 0.3) is 0 Å². The molecular formula is C26H31N3O2. The molecule has 5 heteroatoms. The van der Waals surface area contributed by atoms with Crippen molar-refractivity contribution in [1.82, 2.24) is 4.90 Å². The molecule has 4 saturated heterocycles. The SMILES string of the molecule is O=C1C[C@@H]2OCC=C3CN4CC[C@]56c7cc(N8CCCCC8)ccc7N1[C@H]5[C@H]2[C@H]3CC46. The molecule has 1 unspecified atom stereocenters. The summed E-state index contributed by atoms with van der Waals surface area (Å²) < 4.78 is 6.36. The van der Waals surface area contributed by atoms with Gasteiger partial charge in [0.15, 0.2) is 0 Å². The standard InChI is InChI=1S/C26H31N3O2/c30-23-14-21-24-18-13-22-26(7-10-28(22)15-16(18)6-11-31-21)19-12-17(27-8-2-1-3-9-27)4-5-20(19)29(23)25(24)26/h4-6,12,18,21-22,24-25H,1-3,7-11,13-15H2/t18-,21-,22?,24-,25-,26+/m0/s1. The van der Waals surface area contributed by atoms with Crippen molar-refractivity contribution >= 4 is 17.3 Å². The van der Waals surface area contributed by atoms with Gasteiger partial charge in [-0.05, 0) is 68.3 Å². The lowest BCUT2D eigenvalue weighted by atomic mass is 9.53. The summed E-state index contributed by atoms with van der Waals surface area (Å²) in [4.78, 5) is 21.1. The maximum Gasteiger partial charge on any atom is 0.229 e. The van der Waals surface area contributed by atoms with Gasteiger partial charge in [-0.15, -0.1) is 0 Å². The molecule has 7 aliphatic rings. The number of anilines is 2. The Bertz CT molecular complexity index is 1010. The second-order valence-electron chi connectivity index (χ2n) is 11.0. The molecule has 5 fully saturated rings. The molecular weight excluding hydrogens is 386 g/mol. The van der Waals surface area contributed by atoms with Crippen molar-refractivity contribution < 1.29 is 9.53 Å². The third kappa shape index (κ3) is 2.04. The fraction of sp³-hybridized carbons (Fsp3) is 0.654. The van der Waals surface area contributed by atoms with Crippen LogP contribution >= 0.6 is 0 Å². The minimum Gasteiger partial charge on any atom is -0.373 e. The van der Waals surface area contributed by atoms with Gasteiger partial charge in [0.25, 0.3) is 0 Å². The Morgan fingerprint density at radius 1 is 1.10 bits per heavy atom.